The van der Waals surface area contributed by atoms with E-state index in [-0.39, 0.29) is 0 Å². The second kappa shape index (κ2) is 4.21. The maximum absolute atomic E-state index is 11.2. The van der Waals surface area contributed by atoms with Gasteiger partial charge in [0.25, 0.3) is 0 Å². The molecule has 0 amide bonds. The van der Waals surface area contributed by atoms with Gasteiger partial charge >= 0.3 is 5.97 Å². The minimum Gasteiger partial charge on any atom is -0.481 e. The predicted molar refractivity (Wildman–Crippen MR) is 65.0 cm³/mol. The molecule has 0 fully saturated rings. The van der Waals surface area contributed by atoms with Crippen molar-refractivity contribution in [2.75, 3.05) is 0 Å². The summed E-state index contributed by atoms with van der Waals surface area (Å²) in [6.45, 7) is 5.03. The lowest BCUT2D eigenvalue weighted by molar-refractivity contribution is -0.142. The number of hydrogen-bond donors (Lipinski definition) is 2. The van der Waals surface area contributed by atoms with Gasteiger partial charge in [-0.15, -0.1) is 0 Å². The highest BCUT2D eigenvalue weighted by atomic mass is 16.4. The van der Waals surface area contributed by atoms with Crippen LogP contribution < -0.4 is 0 Å². The van der Waals surface area contributed by atoms with Gasteiger partial charge in [0, 0.05) is 18.1 Å². The third kappa shape index (κ3) is 2.09. The van der Waals surface area contributed by atoms with Crippen molar-refractivity contribution >= 4 is 5.97 Å². The van der Waals surface area contributed by atoms with Crippen LogP contribution in [0, 0.1) is 6.92 Å². The number of aromatic nitrogens is 4. The molecule has 0 aliphatic carbocycles. The van der Waals surface area contributed by atoms with Crippen molar-refractivity contribution in [1.82, 2.24) is 19.9 Å². The number of aryl methyl sites for hydroxylation is 1. The number of carbonyl (C=O) groups is 1. The highest BCUT2D eigenvalue weighted by Crippen LogP contribution is 2.23. The number of rotatable bonds is 3. The van der Waals surface area contributed by atoms with Crippen LogP contribution in [-0.4, -0.2) is 31.0 Å². The average molecular weight is 246 g/mol. The molecule has 0 atom stereocenters. The number of carboxylic acids is 1. The fourth-order valence-electron chi connectivity index (χ4n) is 1.49. The SMILES string of the molecule is Cc1cc(C(C)(C)C(=O)O)nc(-c2ncc[nH]2)n1. The van der Waals surface area contributed by atoms with E-state index in [1.165, 1.54) is 0 Å². The quantitative estimate of drug-likeness (QED) is 0.857. The molecule has 0 bridgehead atoms. The molecule has 2 aromatic heterocycles. The number of H-pyrrole nitrogens is 1. The van der Waals surface area contributed by atoms with Crippen LogP contribution >= 0.6 is 0 Å². The van der Waals surface area contributed by atoms with Gasteiger partial charge in [0.1, 0.15) is 5.41 Å². The van der Waals surface area contributed by atoms with Crippen LogP contribution in [0.1, 0.15) is 25.2 Å². The number of aliphatic carboxylic acids is 1. The van der Waals surface area contributed by atoms with E-state index in [0.29, 0.717) is 23.0 Å². The first-order chi connectivity index (χ1) is 8.41. The zero-order chi connectivity index (χ0) is 13.3. The van der Waals surface area contributed by atoms with E-state index in [1.807, 2.05) is 0 Å². The standard InChI is InChI=1S/C12H14N4O2/c1-7-6-8(12(2,3)11(17)18)16-10(15-7)9-13-4-5-14-9/h4-6H,1-3H3,(H,13,14)(H,17,18). The average Bonchev–Trinajstić information content (AvgIpc) is 2.81. The van der Waals surface area contributed by atoms with Gasteiger partial charge in [-0.05, 0) is 26.8 Å². The van der Waals surface area contributed by atoms with Crippen molar-refractivity contribution in [2.45, 2.75) is 26.2 Å². The van der Waals surface area contributed by atoms with Crippen molar-refractivity contribution in [1.29, 1.82) is 0 Å². The normalized spacial score (nSPS) is 11.5. The van der Waals surface area contributed by atoms with Gasteiger partial charge in [-0.3, -0.25) is 4.79 Å². The van der Waals surface area contributed by atoms with E-state index in [9.17, 15) is 9.90 Å². The Morgan fingerprint density at radius 3 is 2.67 bits per heavy atom. The maximum Gasteiger partial charge on any atom is 0.315 e. The Morgan fingerprint density at radius 1 is 1.39 bits per heavy atom. The van der Waals surface area contributed by atoms with Gasteiger partial charge in [0.15, 0.2) is 11.6 Å². The highest BCUT2D eigenvalue weighted by Gasteiger charge is 2.32. The zero-order valence-corrected chi connectivity index (χ0v) is 10.4. The van der Waals surface area contributed by atoms with E-state index in [2.05, 4.69) is 19.9 Å². The number of carboxylic acid groups (broad SMARTS) is 1. The fourth-order valence-corrected chi connectivity index (χ4v) is 1.49. The molecule has 6 heteroatoms. The molecule has 2 aromatic rings. The lowest BCUT2D eigenvalue weighted by Crippen LogP contribution is -2.30. The summed E-state index contributed by atoms with van der Waals surface area (Å²) in [6, 6.07) is 1.68. The first-order valence-electron chi connectivity index (χ1n) is 5.50. The first kappa shape index (κ1) is 12.2. The molecule has 0 aliphatic rings. The molecular formula is C12H14N4O2. The lowest BCUT2D eigenvalue weighted by Gasteiger charge is -2.19. The minimum atomic E-state index is -1.06. The summed E-state index contributed by atoms with van der Waals surface area (Å²) in [4.78, 5) is 26.8. The maximum atomic E-state index is 11.2. The van der Waals surface area contributed by atoms with Crippen molar-refractivity contribution in [3.05, 3.63) is 29.8 Å². The Balaban J connectivity index is 2.55. The summed E-state index contributed by atoms with van der Waals surface area (Å²) in [5.41, 5.74) is 0.115. The van der Waals surface area contributed by atoms with Crippen LogP contribution in [0.15, 0.2) is 18.5 Å². The lowest BCUT2D eigenvalue weighted by atomic mass is 9.89. The Kier molecular flexibility index (Phi) is 2.86. The second-order valence-corrected chi connectivity index (χ2v) is 4.59. The number of hydrogen-bond acceptors (Lipinski definition) is 4. The summed E-state index contributed by atoms with van der Waals surface area (Å²) in [5, 5.41) is 9.22. The number of nitrogens with one attached hydrogen (secondary N) is 1. The molecule has 0 aromatic carbocycles. The Morgan fingerprint density at radius 2 is 2.11 bits per heavy atom. The van der Waals surface area contributed by atoms with Gasteiger partial charge in [-0.25, -0.2) is 15.0 Å². The van der Waals surface area contributed by atoms with Gasteiger partial charge in [-0.1, -0.05) is 0 Å². The molecule has 0 aliphatic heterocycles. The zero-order valence-electron chi connectivity index (χ0n) is 10.4. The molecule has 2 N–H and O–H groups in total. The Bertz CT molecular complexity index is 576. The molecule has 0 spiro atoms. The summed E-state index contributed by atoms with van der Waals surface area (Å²) < 4.78 is 0. The van der Waals surface area contributed by atoms with Crippen LogP contribution in [0.3, 0.4) is 0 Å². The van der Waals surface area contributed by atoms with Crippen molar-refractivity contribution in [3.8, 4) is 11.6 Å². The molecule has 0 unspecified atom stereocenters. The van der Waals surface area contributed by atoms with Crippen LogP contribution in [0.5, 0.6) is 0 Å². The minimum absolute atomic E-state index is 0.407. The summed E-state index contributed by atoms with van der Waals surface area (Å²) in [5.74, 6) is 0.0106. The molecule has 6 nitrogen and oxygen atoms in total. The second-order valence-electron chi connectivity index (χ2n) is 4.59. The number of nitrogens with zero attached hydrogens (tertiary/aromatic N) is 3. The van der Waals surface area contributed by atoms with Crippen LogP contribution in [0.2, 0.25) is 0 Å². The third-order valence-electron chi connectivity index (χ3n) is 2.74. The number of imidazole rings is 1. The van der Waals surface area contributed by atoms with Crippen LogP contribution in [0.25, 0.3) is 11.6 Å². The van der Waals surface area contributed by atoms with Crippen molar-refractivity contribution < 1.29 is 9.90 Å². The van der Waals surface area contributed by atoms with Gasteiger partial charge in [-0.2, -0.15) is 0 Å². The molecular weight excluding hydrogens is 232 g/mol. The fraction of sp³-hybridized carbons (Fsp3) is 0.333. The largest absolute Gasteiger partial charge is 0.481 e. The summed E-state index contributed by atoms with van der Waals surface area (Å²) in [7, 11) is 0. The molecule has 0 saturated carbocycles. The van der Waals surface area contributed by atoms with E-state index in [1.54, 1.807) is 39.2 Å². The Hall–Kier alpha value is -2.24. The first-order valence-corrected chi connectivity index (χ1v) is 5.50. The van der Waals surface area contributed by atoms with E-state index in [4.69, 9.17) is 0 Å². The van der Waals surface area contributed by atoms with E-state index in [0.717, 1.165) is 0 Å². The predicted octanol–water partition coefficient (Wildman–Crippen LogP) is 1.54. The molecule has 2 heterocycles. The highest BCUT2D eigenvalue weighted by molar-refractivity contribution is 5.79. The Labute approximate surface area is 104 Å². The molecule has 94 valence electrons. The van der Waals surface area contributed by atoms with E-state index >= 15 is 0 Å². The summed E-state index contributed by atoms with van der Waals surface area (Å²) in [6.07, 6.45) is 3.27. The van der Waals surface area contributed by atoms with E-state index < -0.39 is 11.4 Å². The van der Waals surface area contributed by atoms with Crippen molar-refractivity contribution in [3.63, 3.8) is 0 Å². The molecule has 18 heavy (non-hydrogen) atoms. The van der Waals surface area contributed by atoms with Gasteiger partial charge in [0.05, 0.1) is 5.69 Å². The topological polar surface area (TPSA) is 91.8 Å². The molecule has 2 rings (SSSR count). The van der Waals surface area contributed by atoms with Crippen molar-refractivity contribution in [2.24, 2.45) is 0 Å². The monoisotopic (exact) mass is 246 g/mol. The van der Waals surface area contributed by atoms with Gasteiger partial charge < -0.3 is 10.1 Å². The van der Waals surface area contributed by atoms with Crippen LogP contribution in [-0.2, 0) is 10.2 Å². The number of aromatic amines is 1. The van der Waals surface area contributed by atoms with Crippen LogP contribution in [0.4, 0.5) is 0 Å². The molecule has 0 radical (unpaired) electrons. The summed E-state index contributed by atoms with van der Waals surface area (Å²) >= 11 is 0. The third-order valence-corrected chi connectivity index (χ3v) is 2.74. The smallest absolute Gasteiger partial charge is 0.315 e. The van der Waals surface area contributed by atoms with Gasteiger partial charge in [0.2, 0.25) is 0 Å². The molecule has 0 saturated heterocycles.